The number of nitrogens with zero attached hydrogens (tertiary/aromatic N) is 6. The van der Waals surface area contributed by atoms with Crippen LogP contribution in [0.4, 0.5) is 16.6 Å². The van der Waals surface area contributed by atoms with Gasteiger partial charge in [0, 0.05) is 65.3 Å². The first-order chi connectivity index (χ1) is 21.4. The first-order valence-corrected chi connectivity index (χ1v) is 15.3. The third-order valence-corrected chi connectivity index (χ3v) is 7.70. The van der Waals surface area contributed by atoms with Crippen LogP contribution in [0, 0.1) is 6.92 Å². The fourth-order valence-electron chi connectivity index (χ4n) is 5.33. The molecule has 0 bridgehead atoms. The van der Waals surface area contributed by atoms with Gasteiger partial charge in [0.2, 0.25) is 11.9 Å². The topological polar surface area (TPSA) is 152 Å². The number of nitrogens with two attached hydrogens (primary N) is 1. The Kier molecular flexibility index (Phi) is 12.3. The number of aromatic nitrogens is 3. The summed E-state index contributed by atoms with van der Waals surface area (Å²) in [7, 11) is 0. The van der Waals surface area contributed by atoms with Crippen molar-refractivity contribution in [3.8, 4) is 0 Å². The number of amides is 2. The number of hydrogen-bond donors (Lipinski definition) is 3. The average molecular weight is 608 g/mol. The molecule has 3 aromatic rings. The number of nitrogen functional groups attached to an aromatic ring is 1. The van der Waals surface area contributed by atoms with Gasteiger partial charge in [-0.25, -0.2) is 9.78 Å². The second-order valence-corrected chi connectivity index (χ2v) is 11.0. The van der Waals surface area contributed by atoms with Crippen molar-refractivity contribution in [1.29, 1.82) is 0 Å². The Bertz CT molecular complexity index is 1400. The molecule has 44 heavy (non-hydrogen) atoms. The van der Waals surface area contributed by atoms with Crippen LogP contribution in [0.25, 0.3) is 11.0 Å². The molecule has 0 saturated carbocycles. The van der Waals surface area contributed by atoms with E-state index in [1.165, 1.54) is 29.5 Å². The van der Waals surface area contributed by atoms with Crippen LogP contribution in [0.15, 0.2) is 35.6 Å². The van der Waals surface area contributed by atoms with Crippen LogP contribution in [-0.2, 0) is 27.5 Å². The molecule has 0 atom stereocenters. The van der Waals surface area contributed by atoms with E-state index in [-0.39, 0.29) is 25.0 Å². The predicted molar refractivity (Wildman–Crippen MR) is 172 cm³/mol. The monoisotopic (exact) mass is 607 g/mol. The summed E-state index contributed by atoms with van der Waals surface area (Å²) in [6.45, 7) is 13.7. The van der Waals surface area contributed by atoms with E-state index in [1.54, 1.807) is 0 Å². The van der Waals surface area contributed by atoms with Crippen molar-refractivity contribution in [3.63, 3.8) is 0 Å². The van der Waals surface area contributed by atoms with Gasteiger partial charge in [0.25, 0.3) is 0 Å². The molecule has 2 aromatic heterocycles. The van der Waals surface area contributed by atoms with Crippen molar-refractivity contribution in [2.45, 2.75) is 52.6 Å². The highest BCUT2D eigenvalue weighted by Crippen LogP contribution is 2.25. The minimum absolute atomic E-state index is 0.0815. The molecule has 4 rings (SSSR count). The molecule has 4 N–H and O–H groups in total. The molecule has 1 saturated heterocycles. The van der Waals surface area contributed by atoms with Crippen LogP contribution in [0.5, 0.6) is 0 Å². The number of rotatable bonds is 16. The van der Waals surface area contributed by atoms with Gasteiger partial charge in [0.05, 0.1) is 25.2 Å². The molecule has 1 aliphatic rings. The Morgan fingerprint density at radius 3 is 2.64 bits per heavy atom. The number of carbonyl (C=O) groups is 2. The van der Waals surface area contributed by atoms with Crippen molar-refractivity contribution in [3.05, 3.63) is 47.2 Å². The second-order valence-electron chi connectivity index (χ2n) is 11.0. The zero-order chi connectivity index (χ0) is 31.3. The summed E-state index contributed by atoms with van der Waals surface area (Å²) in [4.78, 5) is 41.3. The number of ether oxygens (including phenoxy) is 1. The Morgan fingerprint density at radius 1 is 1.07 bits per heavy atom. The summed E-state index contributed by atoms with van der Waals surface area (Å²) in [6.07, 6.45) is 5.09. The molecule has 0 unspecified atom stereocenters. The third kappa shape index (κ3) is 9.38. The molecular weight excluding hydrogens is 562 g/mol. The number of unbranched alkanes of at least 4 members (excludes halogenated alkanes) is 2. The van der Waals surface area contributed by atoms with Gasteiger partial charge in [-0.2, -0.15) is 4.98 Å². The highest BCUT2D eigenvalue weighted by molar-refractivity contribution is 5.87. The van der Waals surface area contributed by atoms with Gasteiger partial charge >= 0.3 is 6.09 Å². The molecule has 0 aliphatic carbocycles. The number of aryl methyl sites for hydroxylation is 1. The maximum absolute atomic E-state index is 12.6. The number of carbonyl (C=O) groups excluding carboxylic acids is 2. The number of oxime groups is 1. The Morgan fingerprint density at radius 2 is 1.89 bits per heavy atom. The predicted octanol–water partition coefficient (Wildman–Crippen LogP) is 3.37. The van der Waals surface area contributed by atoms with E-state index in [4.69, 9.17) is 10.5 Å². The van der Waals surface area contributed by atoms with E-state index in [2.05, 4.69) is 85.0 Å². The molecule has 13 heteroatoms. The van der Waals surface area contributed by atoms with Crippen LogP contribution < -0.4 is 16.4 Å². The Labute approximate surface area is 258 Å². The molecule has 1 aliphatic heterocycles. The van der Waals surface area contributed by atoms with Crippen molar-refractivity contribution in [1.82, 2.24) is 29.7 Å². The van der Waals surface area contributed by atoms with Crippen molar-refractivity contribution in [2.75, 3.05) is 63.5 Å². The van der Waals surface area contributed by atoms with Crippen molar-refractivity contribution >= 4 is 41.5 Å². The maximum Gasteiger partial charge on any atom is 0.433 e. The number of piperazine rings is 1. The lowest BCUT2D eigenvalue weighted by atomic mass is 10.0. The molecular formula is C31H45N9O4. The molecule has 0 radical (unpaired) electrons. The lowest BCUT2D eigenvalue weighted by Crippen LogP contribution is -2.48. The van der Waals surface area contributed by atoms with E-state index in [0.29, 0.717) is 32.7 Å². The quantitative estimate of drug-likeness (QED) is 0.0963. The number of hydrogen-bond acceptors (Lipinski definition) is 10. The normalized spacial score (nSPS) is 13.6. The van der Waals surface area contributed by atoms with Gasteiger partial charge in [-0.05, 0) is 36.1 Å². The summed E-state index contributed by atoms with van der Waals surface area (Å²) < 4.78 is 7.63. The number of benzene rings is 1. The van der Waals surface area contributed by atoms with Crippen LogP contribution in [0.1, 0.15) is 49.3 Å². The van der Waals surface area contributed by atoms with E-state index >= 15 is 0 Å². The van der Waals surface area contributed by atoms with Gasteiger partial charge in [0.1, 0.15) is 5.52 Å². The molecule has 3 heterocycles. The smallest absolute Gasteiger partial charge is 0.379 e. The standard InChI is InChI=1S/C31H45N9O4/c1-4-5-6-11-34-29-28-26(36-30(32)37-29)9-13-40(28)22-25-8-7-24(20-23(25)2)21-38-14-16-39(17-15-38)27(41)10-18-43-19-12-35-31(42)44-33-3/h7-9,13,20H,3-6,10-12,14-19,21-22H2,1-2H3,(H,35,42)(H3,32,34,36,37). The molecule has 238 valence electrons. The summed E-state index contributed by atoms with van der Waals surface area (Å²) >= 11 is 0. The van der Waals surface area contributed by atoms with Crippen LogP contribution in [-0.4, -0.2) is 95.5 Å². The molecule has 0 spiro atoms. The SMILES string of the molecule is C=NOC(=O)NCCOCCC(=O)N1CCN(Cc2ccc(Cn3ccc4nc(N)nc(NCCCCC)c43)c(C)c2)CC1. The summed E-state index contributed by atoms with van der Waals surface area (Å²) in [5, 5.41) is 8.96. The first kappa shape index (κ1) is 32.7. The Hall–Kier alpha value is -4.23. The largest absolute Gasteiger partial charge is 0.433 e. The fraction of sp³-hybridized carbons (Fsp3) is 0.516. The minimum atomic E-state index is -0.684. The first-order valence-electron chi connectivity index (χ1n) is 15.3. The number of anilines is 2. The Balaban J connectivity index is 1.24. The molecule has 1 aromatic carbocycles. The van der Waals surface area contributed by atoms with Crippen LogP contribution >= 0.6 is 0 Å². The zero-order valence-corrected chi connectivity index (χ0v) is 25.9. The highest BCUT2D eigenvalue weighted by Gasteiger charge is 2.21. The van der Waals surface area contributed by atoms with Crippen molar-refractivity contribution in [2.24, 2.45) is 5.16 Å². The van der Waals surface area contributed by atoms with Gasteiger partial charge in [-0.3, -0.25) is 14.5 Å². The third-order valence-electron chi connectivity index (χ3n) is 7.70. The number of nitrogens with one attached hydrogen (secondary N) is 2. The summed E-state index contributed by atoms with van der Waals surface area (Å²) in [5.41, 5.74) is 11.5. The van der Waals surface area contributed by atoms with Crippen LogP contribution in [0.2, 0.25) is 0 Å². The lowest BCUT2D eigenvalue weighted by molar-refractivity contribution is -0.134. The van der Waals surface area contributed by atoms with Crippen molar-refractivity contribution < 1.29 is 19.2 Å². The van der Waals surface area contributed by atoms with Gasteiger partial charge < -0.3 is 30.6 Å². The highest BCUT2D eigenvalue weighted by atomic mass is 16.7. The average Bonchev–Trinajstić information content (AvgIpc) is 3.41. The minimum Gasteiger partial charge on any atom is -0.379 e. The maximum atomic E-state index is 12.6. The van der Waals surface area contributed by atoms with Crippen LogP contribution in [0.3, 0.4) is 0 Å². The van der Waals surface area contributed by atoms with E-state index in [9.17, 15) is 9.59 Å². The van der Waals surface area contributed by atoms with Gasteiger partial charge in [-0.1, -0.05) is 43.1 Å². The van der Waals surface area contributed by atoms with Gasteiger partial charge in [0.15, 0.2) is 5.82 Å². The lowest BCUT2D eigenvalue weighted by Gasteiger charge is -2.35. The number of fused-ring (bicyclic) bond motifs is 1. The molecule has 13 nitrogen and oxygen atoms in total. The summed E-state index contributed by atoms with van der Waals surface area (Å²) in [6, 6.07) is 8.66. The summed E-state index contributed by atoms with van der Waals surface area (Å²) in [5.74, 6) is 1.14. The molecule has 2 amide bonds. The van der Waals surface area contributed by atoms with E-state index in [1.807, 2.05) is 11.0 Å². The van der Waals surface area contributed by atoms with Gasteiger partial charge in [-0.15, -0.1) is 0 Å². The molecule has 1 fully saturated rings. The fourth-order valence-corrected chi connectivity index (χ4v) is 5.33. The van der Waals surface area contributed by atoms with E-state index < -0.39 is 6.09 Å². The second kappa shape index (κ2) is 16.6. The zero-order valence-electron chi connectivity index (χ0n) is 25.9. The van der Waals surface area contributed by atoms with E-state index in [0.717, 1.165) is 49.5 Å².